The van der Waals surface area contributed by atoms with E-state index in [2.05, 4.69) is 13.8 Å². The first-order valence-electron chi connectivity index (χ1n) is 9.21. The Morgan fingerprint density at radius 1 is 1.14 bits per heavy atom. The van der Waals surface area contributed by atoms with Crippen LogP contribution in [0, 0.1) is 10.8 Å². The second kappa shape index (κ2) is 16.0. The second-order valence-corrected chi connectivity index (χ2v) is 10.3. The summed E-state index contributed by atoms with van der Waals surface area (Å²) in [6.45, 7) is 8.94. The number of hydrogen-bond acceptors (Lipinski definition) is 8. The molecular formula is C18H35KO7S2. The fraction of sp³-hybridized carbons (Fsp3) is 0.944. The van der Waals surface area contributed by atoms with Crippen molar-refractivity contribution in [3.63, 3.8) is 0 Å². The molecule has 0 rings (SSSR count). The number of carbonyl (C=O) groups is 1. The minimum atomic E-state index is -4.10. The molecule has 0 aliphatic rings. The van der Waals surface area contributed by atoms with Gasteiger partial charge in [0, 0.05) is 11.5 Å². The van der Waals surface area contributed by atoms with Crippen molar-refractivity contribution in [2.45, 2.75) is 53.4 Å². The summed E-state index contributed by atoms with van der Waals surface area (Å²) in [5.74, 6) is 1.19. The van der Waals surface area contributed by atoms with Crippen molar-refractivity contribution in [1.29, 1.82) is 0 Å². The SMILES string of the molecule is CCC(C)(COCOCCSCC(C)(C)CCCCS(=O)(=O)[O-])C(=O)OC.[K+]. The first kappa shape index (κ1) is 31.5. The zero-order valence-electron chi connectivity index (χ0n) is 18.2. The average molecular weight is 467 g/mol. The average Bonchev–Trinajstić information content (AvgIpc) is 2.59. The van der Waals surface area contributed by atoms with Gasteiger partial charge in [-0.1, -0.05) is 27.2 Å². The first-order chi connectivity index (χ1) is 12.5. The molecule has 0 spiro atoms. The normalized spacial score (nSPS) is 14.2. The van der Waals surface area contributed by atoms with Crippen molar-refractivity contribution in [1.82, 2.24) is 0 Å². The van der Waals surface area contributed by atoms with Gasteiger partial charge in [-0.3, -0.25) is 4.79 Å². The zero-order chi connectivity index (χ0) is 21.0. The van der Waals surface area contributed by atoms with Crippen LogP contribution < -0.4 is 51.4 Å². The van der Waals surface area contributed by atoms with E-state index >= 15 is 0 Å². The third-order valence-corrected chi connectivity index (χ3v) is 6.64. The van der Waals surface area contributed by atoms with Crippen LogP contribution in [0.25, 0.3) is 0 Å². The van der Waals surface area contributed by atoms with Gasteiger partial charge in [-0.25, -0.2) is 8.42 Å². The molecule has 28 heavy (non-hydrogen) atoms. The number of thioether (sulfide) groups is 1. The molecule has 0 N–H and O–H groups in total. The Hall–Kier alpha value is 1.29. The van der Waals surface area contributed by atoms with Gasteiger partial charge in [0.05, 0.1) is 35.9 Å². The topological polar surface area (TPSA) is 102 Å². The Morgan fingerprint density at radius 2 is 1.79 bits per heavy atom. The van der Waals surface area contributed by atoms with Crippen molar-refractivity contribution in [2.24, 2.45) is 10.8 Å². The Morgan fingerprint density at radius 3 is 2.32 bits per heavy atom. The molecule has 0 aromatic heterocycles. The molecule has 1 atom stereocenters. The van der Waals surface area contributed by atoms with Crippen LogP contribution in [-0.4, -0.2) is 63.3 Å². The van der Waals surface area contributed by atoms with Crippen LogP contribution in [0.2, 0.25) is 0 Å². The maximum Gasteiger partial charge on any atom is 1.00 e. The van der Waals surface area contributed by atoms with E-state index in [0.29, 0.717) is 19.4 Å². The Balaban J connectivity index is 0. The van der Waals surface area contributed by atoms with Gasteiger partial charge in [0.15, 0.2) is 0 Å². The van der Waals surface area contributed by atoms with Crippen LogP contribution in [0.4, 0.5) is 0 Å². The number of esters is 1. The number of ether oxygens (including phenoxy) is 3. The van der Waals surface area contributed by atoms with E-state index in [4.69, 9.17) is 14.2 Å². The number of hydrogen-bond donors (Lipinski definition) is 0. The van der Waals surface area contributed by atoms with E-state index in [1.165, 1.54) is 7.11 Å². The Labute approximate surface area is 217 Å². The standard InChI is InChI=1S/C18H36O7S2.K/c1-6-18(4,16(19)23-5)13-25-15-24-10-11-26-14-17(2,3)9-7-8-12-27(20,21)22;/h6-15H2,1-5H3,(H,20,21,22);/q;+1/p-1. The molecular weight excluding hydrogens is 431 g/mol. The summed E-state index contributed by atoms with van der Waals surface area (Å²) in [6, 6.07) is 0. The predicted molar refractivity (Wildman–Crippen MR) is 107 cm³/mol. The van der Waals surface area contributed by atoms with Crippen LogP contribution in [0.15, 0.2) is 0 Å². The van der Waals surface area contributed by atoms with Crippen molar-refractivity contribution in [3.05, 3.63) is 0 Å². The molecule has 0 heterocycles. The van der Waals surface area contributed by atoms with E-state index in [1.807, 2.05) is 13.8 Å². The van der Waals surface area contributed by atoms with E-state index in [0.717, 1.165) is 24.3 Å². The van der Waals surface area contributed by atoms with Gasteiger partial charge in [0.25, 0.3) is 0 Å². The summed E-state index contributed by atoms with van der Waals surface area (Å²) in [6.07, 6.45) is 2.66. The van der Waals surface area contributed by atoms with Gasteiger partial charge in [-0.2, -0.15) is 11.8 Å². The van der Waals surface area contributed by atoms with Gasteiger partial charge in [-0.05, 0) is 37.4 Å². The van der Waals surface area contributed by atoms with Crippen LogP contribution in [0.5, 0.6) is 0 Å². The van der Waals surface area contributed by atoms with Gasteiger partial charge in [-0.15, -0.1) is 0 Å². The molecule has 1 unspecified atom stereocenters. The fourth-order valence-electron chi connectivity index (χ4n) is 2.36. The molecule has 10 heteroatoms. The minimum Gasteiger partial charge on any atom is -0.748 e. The van der Waals surface area contributed by atoms with E-state index in [1.54, 1.807) is 11.8 Å². The summed E-state index contributed by atoms with van der Waals surface area (Å²) in [5, 5.41) is 0. The summed E-state index contributed by atoms with van der Waals surface area (Å²) < 4.78 is 47.4. The monoisotopic (exact) mass is 466 g/mol. The largest absolute Gasteiger partial charge is 1.00 e. The molecule has 7 nitrogen and oxygen atoms in total. The maximum absolute atomic E-state index is 11.7. The zero-order valence-corrected chi connectivity index (χ0v) is 23.0. The van der Waals surface area contributed by atoms with Crippen molar-refractivity contribution in [3.8, 4) is 0 Å². The summed E-state index contributed by atoms with van der Waals surface area (Å²) in [4.78, 5) is 11.7. The summed E-state index contributed by atoms with van der Waals surface area (Å²) in [7, 11) is -2.73. The maximum atomic E-state index is 11.7. The quantitative estimate of drug-likeness (QED) is 0.103. The number of carbonyl (C=O) groups excluding carboxylic acids is 1. The van der Waals surface area contributed by atoms with Crippen LogP contribution in [-0.2, 0) is 29.1 Å². The third-order valence-electron chi connectivity index (χ3n) is 4.41. The fourth-order valence-corrected chi connectivity index (χ4v) is 3.99. The van der Waals surface area contributed by atoms with Gasteiger partial charge < -0.3 is 18.8 Å². The summed E-state index contributed by atoms with van der Waals surface area (Å²) in [5.41, 5.74) is -0.570. The van der Waals surface area contributed by atoms with Crippen molar-refractivity contribution >= 4 is 27.8 Å². The van der Waals surface area contributed by atoms with E-state index in [-0.39, 0.29) is 81.9 Å². The molecule has 0 fully saturated rings. The van der Waals surface area contributed by atoms with E-state index < -0.39 is 15.5 Å². The Bertz CT molecular complexity index is 526. The second-order valence-electron chi connectivity index (χ2n) is 7.72. The van der Waals surface area contributed by atoms with Crippen LogP contribution in [0.3, 0.4) is 0 Å². The van der Waals surface area contributed by atoms with Crippen LogP contribution >= 0.6 is 11.8 Å². The minimum absolute atomic E-state index is 0. The molecule has 0 aliphatic heterocycles. The molecule has 0 saturated heterocycles. The number of methoxy groups -OCH3 is 1. The molecule has 0 saturated carbocycles. The smallest absolute Gasteiger partial charge is 0.748 e. The van der Waals surface area contributed by atoms with Gasteiger partial charge >= 0.3 is 57.4 Å². The van der Waals surface area contributed by atoms with Crippen molar-refractivity contribution < 1.29 is 83.4 Å². The molecule has 0 radical (unpaired) electrons. The first-order valence-corrected chi connectivity index (χ1v) is 11.9. The van der Waals surface area contributed by atoms with Gasteiger partial charge in [0.2, 0.25) is 0 Å². The van der Waals surface area contributed by atoms with Gasteiger partial charge in [0.1, 0.15) is 6.79 Å². The Kier molecular flexibility index (Phi) is 18.0. The molecule has 0 aromatic rings. The predicted octanol–water partition coefficient (Wildman–Crippen LogP) is 0.0453. The molecule has 0 amide bonds. The third kappa shape index (κ3) is 16.0. The molecule has 0 bridgehead atoms. The molecule has 162 valence electrons. The van der Waals surface area contributed by atoms with E-state index in [9.17, 15) is 17.8 Å². The molecule has 0 aromatic carbocycles. The number of unbranched alkanes of at least 4 members (excludes halogenated alkanes) is 1. The summed E-state index contributed by atoms with van der Waals surface area (Å²) >= 11 is 1.77. The van der Waals surface area contributed by atoms with Crippen molar-refractivity contribution in [2.75, 3.05) is 44.4 Å². The van der Waals surface area contributed by atoms with Crippen LogP contribution in [0.1, 0.15) is 53.4 Å². The molecule has 0 aliphatic carbocycles. The number of rotatable bonds is 16.